The second kappa shape index (κ2) is 7.19. The highest BCUT2D eigenvalue weighted by Gasteiger charge is 2.29. The van der Waals surface area contributed by atoms with Crippen LogP contribution in [0.15, 0.2) is 72.8 Å². The third-order valence-corrected chi connectivity index (χ3v) is 5.11. The van der Waals surface area contributed by atoms with Crippen LogP contribution in [0, 0.1) is 0 Å². The topological polar surface area (TPSA) is 66.8 Å². The Morgan fingerprint density at radius 2 is 1.43 bits per heavy atom. The zero-order valence-electron chi connectivity index (χ0n) is 15.3. The predicted octanol–water partition coefficient (Wildman–Crippen LogP) is 4.77. The summed E-state index contributed by atoms with van der Waals surface area (Å²) < 4.78 is 5.58. The van der Waals surface area contributed by atoms with E-state index in [4.69, 9.17) is 4.74 Å². The average molecular weight is 373 g/mol. The number of carbonyl (C=O) groups excluding carboxylic acids is 1. The van der Waals surface area contributed by atoms with Crippen molar-refractivity contribution in [1.82, 2.24) is 0 Å². The second-order valence-corrected chi connectivity index (χ2v) is 6.69. The Labute approximate surface area is 162 Å². The summed E-state index contributed by atoms with van der Waals surface area (Å²) in [7, 11) is 1.51. The van der Waals surface area contributed by atoms with E-state index in [1.807, 2.05) is 24.3 Å². The number of carbonyl (C=O) groups is 2. The van der Waals surface area contributed by atoms with Gasteiger partial charge in [-0.3, -0.25) is 4.90 Å². The van der Waals surface area contributed by atoms with Crippen molar-refractivity contribution in [2.75, 3.05) is 18.6 Å². The summed E-state index contributed by atoms with van der Waals surface area (Å²) in [6, 6.07) is 22.6. The van der Waals surface area contributed by atoms with Crippen LogP contribution < -0.4 is 4.90 Å². The molecule has 4 rings (SSSR count). The molecule has 1 N–H and O–H groups in total. The first-order valence-electron chi connectivity index (χ1n) is 8.99. The Kier molecular flexibility index (Phi) is 4.57. The number of hydrogen-bond acceptors (Lipinski definition) is 3. The first kappa shape index (κ1) is 17.8. The Balaban J connectivity index is 1.55. The molecule has 5 heteroatoms. The zero-order valence-corrected chi connectivity index (χ0v) is 15.3. The molecule has 0 aromatic heterocycles. The molecule has 3 aromatic rings. The number of carboxylic acid groups (broad SMARTS) is 1. The monoisotopic (exact) mass is 373 g/mol. The van der Waals surface area contributed by atoms with Crippen molar-refractivity contribution in [3.05, 3.63) is 89.5 Å². The minimum Gasteiger partial charge on any atom is -0.478 e. The summed E-state index contributed by atoms with van der Waals surface area (Å²) in [6.45, 7) is 0.187. The molecule has 0 atom stereocenters. The van der Waals surface area contributed by atoms with Gasteiger partial charge in [-0.1, -0.05) is 60.7 Å². The van der Waals surface area contributed by atoms with E-state index < -0.39 is 12.1 Å². The van der Waals surface area contributed by atoms with Gasteiger partial charge in [-0.05, 0) is 34.4 Å². The van der Waals surface area contributed by atoms with Crippen LogP contribution in [-0.4, -0.2) is 30.8 Å². The summed E-state index contributed by atoms with van der Waals surface area (Å²) in [5.41, 5.74) is 4.92. The third-order valence-electron chi connectivity index (χ3n) is 5.11. The van der Waals surface area contributed by atoms with Crippen molar-refractivity contribution in [2.45, 2.75) is 5.92 Å². The highest BCUT2D eigenvalue weighted by molar-refractivity contribution is 5.99. The fraction of sp³-hybridized carbons (Fsp3) is 0.130. The lowest BCUT2D eigenvalue weighted by Gasteiger charge is -2.21. The van der Waals surface area contributed by atoms with Crippen molar-refractivity contribution in [3.8, 4) is 11.1 Å². The van der Waals surface area contributed by atoms with E-state index in [9.17, 15) is 14.7 Å². The SMILES string of the molecule is CN(C(=O)OCC1c2ccccc2-c2ccccc21)c1ccccc1C(=O)O. The van der Waals surface area contributed by atoms with Crippen molar-refractivity contribution in [1.29, 1.82) is 0 Å². The molecule has 1 aliphatic rings. The predicted molar refractivity (Wildman–Crippen MR) is 107 cm³/mol. The largest absolute Gasteiger partial charge is 0.478 e. The third kappa shape index (κ3) is 3.01. The molecule has 0 saturated carbocycles. The van der Waals surface area contributed by atoms with Gasteiger partial charge in [-0.2, -0.15) is 0 Å². The fourth-order valence-electron chi connectivity index (χ4n) is 3.74. The molecule has 0 heterocycles. The number of carboxylic acids is 1. The normalized spacial score (nSPS) is 12.2. The number of rotatable bonds is 4. The van der Waals surface area contributed by atoms with Gasteiger partial charge in [0.05, 0.1) is 11.3 Å². The highest BCUT2D eigenvalue weighted by atomic mass is 16.6. The minimum atomic E-state index is -1.09. The van der Waals surface area contributed by atoms with Crippen LogP contribution >= 0.6 is 0 Å². The van der Waals surface area contributed by atoms with Crippen LogP contribution in [0.2, 0.25) is 0 Å². The van der Waals surface area contributed by atoms with Crippen molar-refractivity contribution in [3.63, 3.8) is 0 Å². The molecule has 1 amide bonds. The Bertz CT molecular complexity index is 1010. The maximum absolute atomic E-state index is 12.6. The first-order chi connectivity index (χ1) is 13.6. The van der Waals surface area contributed by atoms with Crippen molar-refractivity contribution < 1.29 is 19.4 Å². The van der Waals surface area contributed by atoms with Gasteiger partial charge in [0, 0.05) is 13.0 Å². The molecule has 0 saturated heterocycles. The quantitative estimate of drug-likeness (QED) is 0.715. The van der Waals surface area contributed by atoms with Gasteiger partial charge in [-0.15, -0.1) is 0 Å². The smallest absolute Gasteiger partial charge is 0.414 e. The second-order valence-electron chi connectivity index (χ2n) is 6.69. The summed E-state index contributed by atoms with van der Waals surface area (Å²) in [5.74, 6) is -1.13. The molecule has 0 fully saturated rings. The molecule has 3 aromatic carbocycles. The number of fused-ring (bicyclic) bond motifs is 3. The van der Waals surface area contributed by atoms with Crippen LogP contribution in [0.25, 0.3) is 11.1 Å². The van der Waals surface area contributed by atoms with Crippen LogP contribution in [0.5, 0.6) is 0 Å². The molecular weight excluding hydrogens is 354 g/mol. The number of anilines is 1. The number of aromatic carboxylic acids is 1. The first-order valence-corrected chi connectivity index (χ1v) is 8.99. The van der Waals surface area contributed by atoms with Gasteiger partial charge in [-0.25, -0.2) is 9.59 Å². The maximum Gasteiger partial charge on any atom is 0.414 e. The standard InChI is InChI=1S/C23H19NO4/c1-24(21-13-7-6-12-19(21)22(25)26)23(27)28-14-20-17-10-4-2-8-15(17)16-9-3-5-11-18(16)20/h2-13,20H,14H2,1H3,(H,25,26). The number of nitrogens with zero attached hydrogens (tertiary/aromatic N) is 1. The maximum atomic E-state index is 12.6. The van der Waals surface area contributed by atoms with E-state index in [-0.39, 0.29) is 18.1 Å². The number of ether oxygens (including phenoxy) is 1. The van der Waals surface area contributed by atoms with E-state index in [0.29, 0.717) is 5.69 Å². The van der Waals surface area contributed by atoms with Gasteiger partial charge in [0.15, 0.2) is 0 Å². The number of amides is 1. The Morgan fingerprint density at radius 3 is 2.04 bits per heavy atom. The van der Waals surface area contributed by atoms with Crippen LogP contribution in [-0.2, 0) is 4.74 Å². The molecule has 5 nitrogen and oxygen atoms in total. The molecule has 0 spiro atoms. The lowest BCUT2D eigenvalue weighted by molar-refractivity contribution is 0.0697. The van der Waals surface area contributed by atoms with E-state index >= 15 is 0 Å². The Morgan fingerprint density at radius 1 is 0.893 bits per heavy atom. The number of para-hydroxylation sites is 1. The minimum absolute atomic E-state index is 0.0422. The molecule has 0 radical (unpaired) electrons. The summed E-state index contributed by atoms with van der Waals surface area (Å²) >= 11 is 0. The number of hydrogen-bond donors (Lipinski definition) is 1. The lowest BCUT2D eigenvalue weighted by Crippen LogP contribution is -2.29. The average Bonchev–Trinajstić information content (AvgIpc) is 3.05. The molecule has 0 unspecified atom stereocenters. The summed E-state index contributed by atoms with van der Waals surface area (Å²) in [5, 5.41) is 9.34. The Hall–Kier alpha value is -3.60. The van der Waals surface area contributed by atoms with Crippen LogP contribution in [0.3, 0.4) is 0 Å². The zero-order chi connectivity index (χ0) is 19.7. The lowest BCUT2D eigenvalue weighted by atomic mass is 9.98. The molecule has 1 aliphatic carbocycles. The van der Waals surface area contributed by atoms with E-state index in [2.05, 4.69) is 24.3 Å². The summed E-state index contributed by atoms with van der Waals surface area (Å²) in [4.78, 5) is 25.3. The van der Waals surface area contributed by atoms with Crippen molar-refractivity contribution >= 4 is 17.7 Å². The van der Waals surface area contributed by atoms with Gasteiger partial charge >= 0.3 is 12.1 Å². The van der Waals surface area contributed by atoms with E-state index in [1.165, 1.54) is 18.0 Å². The highest BCUT2D eigenvalue weighted by Crippen LogP contribution is 2.44. The molecule has 0 bridgehead atoms. The fourth-order valence-corrected chi connectivity index (χ4v) is 3.74. The number of benzene rings is 3. The van der Waals surface area contributed by atoms with E-state index in [0.717, 1.165) is 22.3 Å². The van der Waals surface area contributed by atoms with Gasteiger partial charge in [0.1, 0.15) is 6.61 Å². The van der Waals surface area contributed by atoms with Crippen LogP contribution in [0.1, 0.15) is 27.4 Å². The van der Waals surface area contributed by atoms with Gasteiger partial charge in [0.25, 0.3) is 0 Å². The molecule has 0 aliphatic heterocycles. The molecular formula is C23H19NO4. The van der Waals surface area contributed by atoms with Crippen molar-refractivity contribution in [2.24, 2.45) is 0 Å². The van der Waals surface area contributed by atoms with Gasteiger partial charge < -0.3 is 9.84 Å². The van der Waals surface area contributed by atoms with Crippen LogP contribution in [0.4, 0.5) is 10.5 Å². The molecule has 140 valence electrons. The van der Waals surface area contributed by atoms with E-state index in [1.54, 1.807) is 18.2 Å². The summed E-state index contributed by atoms with van der Waals surface area (Å²) in [6.07, 6.45) is -0.587. The van der Waals surface area contributed by atoms with Gasteiger partial charge in [0.2, 0.25) is 0 Å². The molecule has 28 heavy (non-hydrogen) atoms.